The van der Waals surface area contributed by atoms with Gasteiger partial charge in [-0.2, -0.15) is 4.99 Å². The highest BCUT2D eigenvalue weighted by Gasteiger charge is 2.39. The number of carbonyl (C=O) groups excluding carboxylic acids is 1. The minimum atomic E-state index is -4.74. The van der Waals surface area contributed by atoms with Crippen LogP contribution in [0.2, 0.25) is 0 Å². The number of nitrogens with one attached hydrogen (secondary N) is 1. The third-order valence-corrected chi connectivity index (χ3v) is 8.48. The molecule has 6 rings (SSSR count). The van der Waals surface area contributed by atoms with Gasteiger partial charge in [0.15, 0.2) is 11.0 Å². The Morgan fingerprint density at radius 2 is 1.77 bits per heavy atom. The molecule has 1 aliphatic heterocycles. The topological polar surface area (TPSA) is 84.6 Å². The summed E-state index contributed by atoms with van der Waals surface area (Å²) in [5, 5.41) is 8.26. The summed E-state index contributed by atoms with van der Waals surface area (Å²) in [5.41, 5.74) is 5.90. The number of aliphatic imine (C=N–C) groups is 1. The van der Waals surface area contributed by atoms with Gasteiger partial charge in [0, 0.05) is 35.5 Å². The van der Waals surface area contributed by atoms with E-state index in [1.54, 1.807) is 11.8 Å². The fraction of sp³-hybridized carbons (Fsp3) is 0.290. The number of nitrogens with zero attached hydrogens (tertiary/aromatic N) is 5. The van der Waals surface area contributed by atoms with Gasteiger partial charge in [0.2, 0.25) is 0 Å². The lowest BCUT2D eigenvalue weighted by atomic mass is 10.1. The highest BCUT2D eigenvalue weighted by Crippen LogP contribution is 2.41. The molecular weight excluding hydrogens is 577 g/mol. The molecule has 2 fully saturated rings. The molecule has 2 heterocycles. The molecule has 1 saturated carbocycles. The summed E-state index contributed by atoms with van der Waals surface area (Å²) in [6.45, 7) is 5.00. The zero-order valence-electron chi connectivity index (χ0n) is 23.5. The second kappa shape index (κ2) is 11.8. The number of anilines is 1. The number of thioether (sulfide) groups is 1. The maximum absolute atomic E-state index is 12.9. The SMILES string of the molecule is Cc1cccc(C)c1N1CCCS/C1=N\C(=O)NC1CC1c1ccc(-c2ncn(-c3ccc(OC(F)(F)F)cc3)n2)cc1. The van der Waals surface area contributed by atoms with Crippen molar-refractivity contribution in [1.82, 2.24) is 20.1 Å². The molecule has 4 aromatic rings. The van der Waals surface area contributed by atoms with Crippen LogP contribution in [0.3, 0.4) is 0 Å². The zero-order chi connectivity index (χ0) is 30.1. The third kappa shape index (κ3) is 6.69. The number of urea groups is 1. The molecule has 1 aromatic heterocycles. The van der Waals surface area contributed by atoms with Crippen LogP contribution >= 0.6 is 11.8 Å². The quantitative estimate of drug-likeness (QED) is 0.254. The summed E-state index contributed by atoms with van der Waals surface area (Å²) in [4.78, 5) is 23.9. The lowest BCUT2D eigenvalue weighted by Gasteiger charge is -2.31. The van der Waals surface area contributed by atoms with Crippen LogP contribution in [-0.2, 0) is 0 Å². The Morgan fingerprint density at radius 3 is 2.47 bits per heavy atom. The number of benzene rings is 3. The minimum absolute atomic E-state index is 0.0200. The Hall–Kier alpha value is -4.32. The van der Waals surface area contributed by atoms with Gasteiger partial charge in [-0.05, 0) is 67.6 Å². The van der Waals surface area contributed by atoms with Crippen molar-refractivity contribution in [2.75, 3.05) is 17.2 Å². The molecule has 1 N–H and O–H groups in total. The van der Waals surface area contributed by atoms with Crippen molar-refractivity contribution < 1.29 is 22.7 Å². The van der Waals surface area contributed by atoms with Crippen LogP contribution in [0.1, 0.15) is 35.4 Å². The van der Waals surface area contributed by atoms with Crippen molar-refractivity contribution in [2.24, 2.45) is 4.99 Å². The number of halogens is 3. The Balaban J connectivity index is 1.07. The Bertz CT molecular complexity index is 1630. The zero-order valence-corrected chi connectivity index (χ0v) is 24.3. The lowest BCUT2D eigenvalue weighted by molar-refractivity contribution is -0.274. The predicted octanol–water partition coefficient (Wildman–Crippen LogP) is 7.01. The van der Waals surface area contributed by atoms with E-state index in [-0.39, 0.29) is 23.7 Å². The predicted molar refractivity (Wildman–Crippen MR) is 161 cm³/mol. The first-order chi connectivity index (χ1) is 20.6. The van der Waals surface area contributed by atoms with Crippen LogP contribution in [0.5, 0.6) is 5.75 Å². The smallest absolute Gasteiger partial charge is 0.406 e. The van der Waals surface area contributed by atoms with E-state index in [4.69, 9.17) is 0 Å². The molecule has 0 bridgehead atoms. The molecule has 0 spiro atoms. The second-order valence-corrected chi connectivity index (χ2v) is 11.6. The lowest BCUT2D eigenvalue weighted by Crippen LogP contribution is -2.37. The van der Waals surface area contributed by atoms with E-state index in [1.165, 1.54) is 35.3 Å². The van der Waals surface area contributed by atoms with Gasteiger partial charge in [-0.3, -0.25) is 0 Å². The number of para-hydroxylation sites is 1. The number of amidine groups is 1. The summed E-state index contributed by atoms with van der Waals surface area (Å²) >= 11 is 1.61. The normalized spacial score (nSPS) is 19.4. The third-order valence-electron chi connectivity index (χ3n) is 7.42. The molecule has 1 saturated heterocycles. The van der Waals surface area contributed by atoms with E-state index in [9.17, 15) is 18.0 Å². The Labute approximate surface area is 251 Å². The van der Waals surface area contributed by atoms with Crippen LogP contribution < -0.4 is 15.0 Å². The summed E-state index contributed by atoms with van der Waals surface area (Å²) in [7, 11) is 0. The highest BCUT2D eigenvalue weighted by atomic mass is 32.2. The molecule has 1 aliphatic carbocycles. The molecule has 222 valence electrons. The monoisotopic (exact) mass is 606 g/mol. The van der Waals surface area contributed by atoms with Crippen molar-refractivity contribution >= 4 is 28.6 Å². The number of carbonyl (C=O) groups is 1. The van der Waals surface area contributed by atoms with E-state index in [0.717, 1.165) is 58.2 Å². The molecule has 3 aromatic carbocycles. The van der Waals surface area contributed by atoms with E-state index >= 15 is 0 Å². The highest BCUT2D eigenvalue weighted by molar-refractivity contribution is 8.14. The maximum atomic E-state index is 12.9. The largest absolute Gasteiger partial charge is 0.573 e. The first-order valence-corrected chi connectivity index (χ1v) is 14.9. The molecule has 12 heteroatoms. The van der Waals surface area contributed by atoms with E-state index in [0.29, 0.717) is 11.5 Å². The van der Waals surface area contributed by atoms with Crippen LogP contribution in [0.15, 0.2) is 78.0 Å². The van der Waals surface area contributed by atoms with E-state index in [1.807, 2.05) is 30.3 Å². The van der Waals surface area contributed by atoms with Crippen LogP contribution in [-0.4, -0.2) is 50.7 Å². The van der Waals surface area contributed by atoms with Crippen LogP contribution in [0.25, 0.3) is 17.1 Å². The van der Waals surface area contributed by atoms with Gasteiger partial charge >= 0.3 is 12.4 Å². The number of ether oxygens (including phenoxy) is 1. The van der Waals surface area contributed by atoms with Gasteiger partial charge in [0.25, 0.3) is 0 Å². The van der Waals surface area contributed by atoms with Gasteiger partial charge < -0.3 is 15.0 Å². The first-order valence-electron chi connectivity index (χ1n) is 13.9. The molecule has 2 aliphatic rings. The number of alkyl halides is 3. The average Bonchev–Trinajstić information content (AvgIpc) is 3.55. The summed E-state index contributed by atoms with van der Waals surface area (Å²) < 4.78 is 42.6. The molecule has 8 nitrogen and oxygen atoms in total. The standard InChI is InChI=1S/C31H29F3N6O2S/c1-19-5-3-6-20(2)27(19)39-15-4-16-43-30(39)37-29(41)36-26-17-25(26)21-7-9-22(10-8-21)28-35-18-40(38-28)23-11-13-24(14-12-23)42-31(32,33)34/h3,5-14,18,25-26H,4,15-17H2,1-2H3,(H,36,41)/b37-30-. The number of aromatic nitrogens is 3. The van der Waals surface area contributed by atoms with E-state index < -0.39 is 6.36 Å². The van der Waals surface area contributed by atoms with Gasteiger partial charge in [-0.15, -0.1) is 18.3 Å². The first kappa shape index (κ1) is 28.8. The van der Waals surface area contributed by atoms with Crippen LogP contribution in [0.4, 0.5) is 23.7 Å². The summed E-state index contributed by atoms with van der Waals surface area (Å²) in [6.07, 6.45) is -1.37. The molecule has 2 atom stereocenters. The Kier molecular flexibility index (Phi) is 7.87. The molecule has 0 radical (unpaired) electrons. The van der Waals surface area contributed by atoms with Crippen molar-refractivity contribution in [2.45, 2.75) is 45.0 Å². The van der Waals surface area contributed by atoms with Crippen LogP contribution in [0, 0.1) is 13.8 Å². The average molecular weight is 607 g/mol. The molecular formula is C31H29F3N6O2S. The van der Waals surface area contributed by atoms with Crippen molar-refractivity contribution in [1.29, 1.82) is 0 Å². The van der Waals surface area contributed by atoms with E-state index in [2.05, 4.69) is 56.0 Å². The summed E-state index contributed by atoms with van der Waals surface area (Å²) in [6, 6.07) is 19.2. The number of hydrogen-bond acceptors (Lipinski definition) is 5. The molecule has 2 unspecified atom stereocenters. The fourth-order valence-electron chi connectivity index (χ4n) is 5.29. The number of hydrogen-bond donors (Lipinski definition) is 1. The summed E-state index contributed by atoms with van der Waals surface area (Å²) in [5.74, 6) is 1.32. The number of rotatable bonds is 6. The second-order valence-electron chi connectivity index (χ2n) is 10.6. The number of aryl methyl sites for hydroxylation is 2. The van der Waals surface area contributed by atoms with Crippen molar-refractivity contribution in [3.63, 3.8) is 0 Å². The molecule has 2 amide bonds. The van der Waals surface area contributed by atoms with Crippen molar-refractivity contribution in [3.8, 4) is 22.8 Å². The Morgan fingerprint density at radius 1 is 1.05 bits per heavy atom. The van der Waals surface area contributed by atoms with Crippen molar-refractivity contribution in [3.05, 3.63) is 89.7 Å². The molecule has 43 heavy (non-hydrogen) atoms. The fourth-order valence-corrected chi connectivity index (χ4v) is 6.23. The van der Waals surface area contributed by atoms with Gasteiger partial charge in [-0.1, -0.05) is 54.2 Å². The maximum Gasteiger partial charge on any atom is 0.573 e. The minimum Gasteiger partial charge on any atom is -0.406 e. The van der Waals surface area contributed by atoms with Gasteiger partial charge in [0.1, 0.15) is 12.1 Å². The number of amides is 2. The van der Waals surface area contributed by atoms with Gasteiger partial charge in [0.05, 0.1) is 5.69 Å². The van der Waals surface area contributed by atoms with Gasteiger partial charge in [-0.25, -0.2) is 14.5 Å².